The molecule has 0 aliphatic carbocycles. The maximum atomic E-state index is 11.5. The summed E-state index contributed by atoms with van der Waals surface area (Å²) >= 11 is 0. The van der Waals surface area contributed by atoms with E-state index in [1.54, 1.807) is 13.0 Å². The van der Waals surface area contributed by atoms with Crippen molar-refractivity contribution in [2.75, 3.05) is 6.54 Å². The molecule has 4 nitrogen and oxygen atoms in total. The fraction of sp³-hybridized carbons (Fsp3) is 0.545. The van der Waals surface area contributed by atoms with E-state index in [2.05, 4.69) is 5.32 Å². The highest BCUT2D eigenvalue weighted by molar-refractivity contribution is 5.94. The zero-order valence-corrected chi connectivity index (χ0v) is 9.12. The molecule has 1 unspecified atom stereocenters. The van der Waals surface area contributed by atoms with Gasteiger partial charge in [-0.25, -0.2) is 0 Å². The van der Waals surface area contributed by atoms with Gasteiger partial charge in [0.05, 0.1) is 17.9 Å². The van der Waals surface area contributed by atoms with Crippen LogP contribution < -0.4 is 5.32 Å². The first-order chi connectivity index (χ1) is 7.15. The minimum atomic E-state index is -0.337. The minimum Gasteiger partial charge on any atom is -0.469 e. The molecule has 0 saturated carbocycles. The van der Waals surface area contributed by atoms with Crippen LogP contribution in [0.4, 0.5) is 0 Å². The van der Waals surface area contributed by atoms with Crippen LogP contribution in [0.1, 0.15) is 35.9 Å². The maximum absolute atomic E-state index is 11.5. The van der Waals surface area contributed by atoms with Gasteiger partial charge in [-0.15, -0.1) is 0 Å². The van der Waals surface area contributed by atoms with Crippen LogP contribution in [0, 0.1) is 6.92 Å². The Balaban J connectivity index is 2.34. The lowest BCUT2D eigenvalue weighted by Crippen LogP contribution is -2.27. The molecular weight excluding hydrogens is 194 g/mol. The summed E-state index contributed by atoms with van der Waals surface area (Å²) in [5.41, 5.74) is 0.556. The van der Waals surface area contributed by atoms with E-state index in [9.17, 15) is 9.90 Å². The Hall–Kier alpha value is -1.29. The third-order valence-corrected chi connectivity index (χ3v) is 2.34. The normalized spacial score (nSPS) is 12.5. The van der Waals surface area contributed by atoms with Crippen LogP contribution in [0.5, 0.6) is 0 Å². The van der Waals surface area contributed by atoms with Gasteiger partial charge in [-0.2, -0.15) is 0 Å². The second-order valence-corrected chi connectivity index (χ2v) is 3.50. The Bertz CT molecular complexity index is 319. The third-order valence-electron chi connectivity index (χ3n) is 2.34. The average molecular weight is 211 g/mol. The van der Waals surface area contributed by atoms with Crippen LogP contribution >= 0.6 is 0 Å². The Morgan fingerprint density at radius 1 is 1.67 bits per heavy atom. The molecule has 2 N–H and O–H groups in total. The highest BCUT2D eigenvalue weighted by Crippen LogP contribution is 2.08. The predicted molar refractivity (Wildman–Crippen MR) is 56.7 cm³/mol. The number of furan rings is 1. The quantitative estimate of drug-likeness (QED) is 0.775. The summed E-state index contributed by atoms with van der Waals surface area (Å²) in [6.07, 6.45) is 2.45. The van der Waals surface area contributed by atoms with Crippen molar-refractivity contribution in [3.05, 3.63) is 23.7 Å². The van der Waals surface area contributed by atoms with Crippen molar-refractivity contribution in [3.63, 3.8) is 0 Å². The zero-order chi connectivity index (χ0) is 11.3. The van der Waals surface area contributed by atoms with E-state index in [4.69, 9.17) is 4.42 Å². The first-order valence-corrected chi connectivity index (χ1v) is 5.15. The van der Waals surface area contributed by atoms with E-state index in [-0.39, 0.29) is 12.0 Å². The van der Waals surface area contributed by atoms with Gasteiger partial charge in [0.25, 0.3) is 5.91 Å². The fourth-order valence-corrected chi connectivity index (χ4v) is 1.27. The summed E-state index contributed by atoms with van der Waals surface area (Å²) in [5, 5.41) is 12.0. The van der Waals surface area contributed by atoms with Gasteiger partial charge in [0.2, 0.25) is 0 Å². The standard InChI is InChI=1S/C11H17NO3/c1-3-9(13)4-6-12-11(14)10-5-7-15-8(10)2/h5,7,9,13H,3-4,6H2,1-2H3,(H,12,14). The van der Waals surface area contributed by atoms with E-state index in [0.29, 0.717) is 30.7 Å². The first kappa shape index (κ1) is 11.8. The number of rotatable bonds is 5. The average Bonchev–Trinajstić information content (AvgIpc) is 2.64. The van der Waals surface area contributed by atoms with E-state index >= 15 is 0 Å². The summed E-state index contributed by atoms with van der Waals surface area (Å²) < 4.78 is 5.02. The van der Waals surface area contributed by atoms with Crippen LogP contribution in [0.2, 0.25) is 0 Å². The van der Waals surface area contributed by atoms with Crippen molar-refractivity contribution >= 4 is 5.91 Å². The summed E-state index contributed by atoms with van der Waals surface area (Å²) in [6, 6.07) is 1.64. The third kappa shape index (κ3) is 3.40. The molecule has 0 aliphatic heterocycles. The largest absolute Gasteiger partial charge is 0.469 e. The van der Waals surface area contributed by atoms with Gasteiger partial charge in [0, 0.05) is 6.54 Å². The van der Waals surface area contributed by atoms with E-state index < -0.39 is 0 Å². The molecule has 1 aromatic rings. The molecule has 1 aromatic heterocycles. The Kier molecular flexibility index (Phi) is 4.37. The molecule has 0 aromatic carbocycles. The molecule has 84 valence electrons. The summed E-state index contributed by atoms with van der Waals surface area (Å²) in [6.45, 7) is 4.14. The van der Waals surface area contributed by atoms with Crippen LogP contribution in [0.15, 0.2) is 16.7 Å². The van der Waals surface area contributed by atoms with Crippen molar-refractivity contribution in [2.24, 2.45) is 0 Å². The monoisotopic (exact) mass is 211 g/mol. The van der Waals surface area contributed by atoms with Gasteiger partial charge >= 0.3 is 0 Å². The van der Waals surface area contributed by atoms with Crippen LogP contribution in [-0.2, 0) is 0 Å². The molecule has 0 spiro atoms. The number of nitrogens with one attached hydrogen (secondary N) is 1. The SMILES string of the molecule is CCC(O)CCNC(=O)c1ccoc1C. The number of aryl methyl sites for hydroxylation is 1. The van der Waals surface area contributed by atoms with Crippen LogP contribution in [0.25, 0.3) is 0 Å². The minimum absolute atomic E-state index is 0.149. The van der Waals surface area contributed by atoms with Crippen molar-refractivity contribution in [1.29, 1.82) is 0 Å². The van der Waals surface area contributed by atoms with E-state index in [0.717, 1.165) is 0 Å². The van der Waals surface area contributed by atoms with Crippen LogP contribution in [-0.4, -0.2) is 23.7 Å². The van der Waals surface area contributed by atoms with Crippen molar-refractivity contribution < 1.29 is 14.3 Å². The van der Waals surface area contributed by atoms with Gasteiger partial charge in [-0.05, 0) is 25.8 Å². The zero-order valence-electron chi connectivity index (χ0n) is 9.12. The van der Waals surface area contributed by atoms with Gasteiger partial charge in [-0.1, -0.05) is 6.92 Å². The van der Waals surface area contributed by atoms with Gasteiger partial charge < -0.3 is 14.8 Å². The van der Waals surface area contributed by atoms with E-state index in [1.165, 1.54) is 6.26 Å². The molecule has 15 heavy (non-hydrogen) atoms. The number of carbonyl (C=O) groups excluding carboxylic acids is 1. The molecule has 1 heterocycles. The highest BCUT2D eigenvalue weighted by Gasteiger charge is 2.10. The number of hydrogen-bond acceptors (Lipinski definition) is 3. The number of amides is 1. The molecule has 0 radical (unpaired) electrons. The van der Waals surface area contributed by atoms with E-state index in [1.807, 2.05) is 6.92 Å². The Morgan fingerprint density at radius 2 is 2.40 bits per heavy atom. The molecule has 1 amide bonds. The number of hydrogen-bond donors (Lipinski definition) is 2. The van der Waals surface area contributed by atoms with Crippen LogP contribution in [0.3, 0.4) is 0 Å². The van der Waals surface area contributed by atoms with Crippen molar-refractivity contribution in [2.45, 2.75) is 32.8 Å². The lowest BCUT2D eigenvalue weighted by atomic mass is 10.2. The second kappa shape index (κ2) is 5.56. The maximum Gasteiger partial charge on any atom is 0.254 e. The second-order valence-electron chi connectivity index (χ2n) is 3.50. The summed E-state index contributed by atoms with van der Waals surface area (Å²) in [5.74, 6) is 0.466. The van der Waals surface area contributed by atoms with Crippen molar-refractivity contribution in [3.8, 4) is 0 Å². The molecule has 0 saturated heterocycles. The number of aliphatic hydroxyl groups is 1. The predicted octanol–water partition coefficient (Wildman–Crippen LogP) is 1.48. The smallest absolute Gasteiger partial charge is 0.254 e. The lowest BCUT2D eigenvalue weighted by Gasteiger charge is -2.08. The molecule has 1 atom stereocenters. The number of aliphatic hydroxyl groups excluding tert-OH is 1. The molecule has 4 heteroatoms. The lowest BCUT2D eigenvalue weighted by molar-refractivity contribution is 0.0940. The Morgan fingerprint density at radius 3 is 2.93 bits per heavy atom. The fourth-order valence-electron chi connectivity index (χ4n) is 1.27. The highest BCUT2D eigenvalue weighted by atomic mass is 16.3. The Labute approximate surface area is 89.3 Å². The summed E-state index contributed by atoms with van der Waals surface area (Å²) in [7, 11) is 0. The molecule has 0 fully saturated rings. The molecule has 1 rings (SSSR count). The topological polar surface area (TPSA) is 62.5 Å². The van der Waals surface area contributed by atoms with Crippen molar-refractivity contribution in [1.82, 2.24) is 5.32 Å². The molecule has 0 bridgehead atoms. The summed E-state index contributed by atoms with van der Waals surface area (Å²) in [4.78, 5) is 11.5. The van der Waals surface area contributed by atoms with Gasteiger partial charge in [-0.3, -0.25) is 4.79 Å². The van der Waals surface area contributed by atoms with Gasteiger partial charge in [0.1, 0.15) is 5.76 Å². The number of carbonyl (C=O) groups is 1. The molecular formula is C11H17NO3. The van der Waals surface area contributed by atoms with Gasteiger partial charge in [0.15, 0.2) is 0 Å². The first-order valence-electron chi connectivity index (χ1n) is 5.15. The molecule has 0 aliphatic rings.